The smallest absolute Gasteiger partial charge is 0.290 e. The van der Waals surface area contributed by atoms with Gasteiger partial charge in [-0.1, -0.05) is 25.5 Å². The normalized spacial score (nSPS) is 15.0. The Balaban J connectivity index is 1.89. The van der Waals surface area contributed by atoms with Gasteiger partial charge in [0.1, 0.15) is 5.58 Å². The molecular formula is C28H34N2O6. The molecule has 8 nitrogen and oxygen atoms in total. The maximum atomic E-state index is 13.8. The number of aryl methyl sites for hydroxylation is 1. The van der Waals surface area contributed by atoms with Crippen LogP contribution < -0.4 is 19.6 Å². The number of hydrogen-bond acceptors (Lipinski definition) is 7. The van der Waals surface area contributed by atoms with E-state index < -0.39 is 6.04 Å². The number of carbonyl (C=O) groups excluding carboxylic acids is 1. The molecule has 2 aromatic carbocycles. The molecule has 4 rings (SSSR count). The van der Waals surface area contributed by atoms with Gasteiger partial charge in [-0.3, -0.25) is 9.59 Å². The Morgan fingerprint density at radius 3 is 2.22 bits per heavy atom. The Hall–Kier alpha value is -3.52. The first-order valence-corrected chi connectivity index (χ1v) is 12.3. The standard InChI is InChI=1S/C28H34N2O6/c1-7-29(8-2)12-9-13-30-24(18-15-21(33-4)26(35-6)22(16-18)34-5)23-25(31)19-14-17(3)10-11-20(19)36-27(23)28(30)32/h10-11,14-16,24H,7-9,12-13H2,1-6H3/t24-/m0/s1. The molecule has 0 spiro atoms. The maximum absolute atomic E-state index is 13.8. The first kappa shape index (κ1) is 25.6. The number of carbonyl (C=O) groups is 1. The quantitative estimate of drug-likeness (QED) is 0.413. The second kappa shape index (κ2) is 10.6. The summed E-state index contributed by atoms with van der Waals surface area (Å²) >= 11 is 0. The molecule has 8 heteroatoms. The van der Waals surface area contributed by atoms with Gasteiger partial charge in [0.25, 0.3) is 5.91 Å². The van der Waals surface area contributed by atoms with Gasteiger partial charge in [-0.05, 0) is 62.8 Å². The van der Waals surface area contributed by atoms with Crippen molar-refractivity contribution in [2.75, 3.05) is 47.5 Å². The Labute approximate surface area is 211 Å². The number of benzene rings is 2. The van der Waals surface area contributed by atoms with E-state index in [0.29, 0.717) is 45.9 Å². The molecule has 0 fully saturated rings. The molecule has 0 N–H and O–H groups in total. The summed E-state index contributed by atoms with van der Waals surface area (Å²) < 4.78 is 22.7. The first-order chi connectivity index (χ1) is 17.4. The van der Waals surface area contributed by atoms with E-state index in [1.54, 1.807) is 43.4 Å². The average Bonchev–Trinajstić information content (AvgIpc) is 3.17. The molecule has 1 aliphatic rings. The molecule has 0 bridgehead atoms. The van der Waals surface area contributed by atoms with E-state index in [4.69, 9.17) is 18.6 Å². The highest BCUT2D eigenvalue weighted by Crippen LogP contribution is 2.45. The van der Waals surface area contributed by atoms with Gasteiger partial charge in [0.15, 0.2) is 16.9 Å². The summed E-state index contributed by atoms with van der Waals surface area (Å²) in [5.41, 5.74) is 2.19. The minimum absolute atomic E-state index is 0.0953. The van der Waals surface area contributed by atoms with Gasteiger partial charge < -0.3 is 28.4 Å². The van der Waals surface area contributed by atoms with Crippen LogP contribution in [0.2, 0.25) is 0 Å². The van der Waals surface area contributed by atoms with E-state index in [1.807, 2.05) is 13.0 Å². The molecule has 0 unspecified atom stereocenters. The summed E-state index contributed by atoms with van der Waals surface area (Å²) in [5.74, 6) is 1.16. The van der Waals surface area contributed by atoms with Crippen molar-refractivity contribution >= 4 is 16.9 Å². The van der Waals surface area contributed by atoms with Crippen molar-refractivity contribution in [3.05, 3.63) is 63.0 Å². The largest absolute Gasteiger partial charge is 0.493 e. The zero-order chi connectivity index (χ0) is 26.0. The molecule has 36 heavy (non-hydrogen) atoms. The second-order valence-corrected chi connectivity index (χ2v) is 8.91. The van der Waals surface area contributed by atoms with E-state index in [9.17, 15) is 9.59 Å². The van der Waals surface area contributed by atoms with E-state index in [1.165, 1.54) is 7.11 Å². The van der Waals surface area contributed by atoms with Gasteiger partial charge in [0, 0.05) is 6.54 Å². The number of hydrogen-bond donors (Lipinski definition) is 0. The fourth-order valence-corrected chi connectivity index (χ4v) is 4.98. The third-order valence-electron chi connectivity index (χ3n) is 6.89. The second-order valence-electron chi connectivity index (χ2n) is 8.91. The summed E-state index contributed by atoms with van der Waals surface area (Å²) in [6.07, 6.45) is 0.759. The summed E-state index contributed by atoms with van der Waals surface area (Å²) in [4.78, 5) is 31.5. The van der Waals surface area contributed by atoms with Crippen LogP contribution in [-0.4, -0.2) is 63.2 Å². The van der Waals surface area contributed by atoms with Crippen molar-refractivity contribution in [3.8, 4) is 17.2 Å². The molecule has 1 amide bonds. The monoisotopic (exact) mass is 494 g/mol. The van der Waals surface area contributed by atoms with Crippen LogP contribution in [0.1, 0.15) is 53.6 Å². The number of rotatable bonds is 10. The van der Waals surface area contributed by atoms with E-state index in [-0.39, 0.29) is 17.1 Å². The Kier molecular flexibility index (Phi) is 7.54. The SMILES string of the molecule is CCN(CC)CCCN1C(=O)c2oc3ccc(C)cc3c(=O)c2[C@@H]1c1cc(OC)c(OC)c(OC)c1. The highest BCUT2D eigenvalue weighted by molar-refractivity contribution is 5.99. The van der Waals surface area contributed by atoms with Gasteiger partial charge in [0.05, 0.1) is 38.3 Å². The topological polar surface area (TPSA) is 81.5 Å². The van der Waals surface area contributed by atoms with Crippen LogP contribution in [0.5, 0.6) is 17.2 Å². The highest BCUT2D eigenvalue weighted by atomic mass is 16.5. The van der Waals surface area contributed by atoms with Gasteiger partial charge >= 0.3 is 0 Å². The molecule has 1 aliphatic heterocycles. The third kappa shape index (κ3) is 4.41. The average molecular weight is 495 g/mol. The maximum Gasteiger partial charge on any atom is 0.290 e. The zero-order valence-corrected chi connectivity index (χ0v) is 21.8. The predicted molar refractivity (Wildman–Crippen MR) is 139 cm³/mol. The summed E-state index contributed by atoms with van der Waals surface area (Å²) in [5, 5.41) is 0.462. The molecule has 0 radical (unpaired) electrons. The Bertz CT molecular complexity index is 1300. The van der Waals surface area contributed by atoms with Crippen LogP contribution in [0.25, 0.3) is 11.0 Å². The Morgan fingerprint density at radius 2 is 1.64 bits per heavy atom. The van der Waals surface area contributed by atoms with Crippen LogP contribution >= 0.6 is 0 Å². The molecule has 1 atom stereocenters. The van der Waals surface area contributed by atoms with Crippen molar-refractivity contribution in [3.63, 3.8) is 0 Å². The van der Waals surface area contributed by atoms with Gasteiger partial charge in [0.2, 0.25) is 11.5 Å². The zero-order valence-electron chi connectivity index (χ0n) is 21.8. The van der Waals surface area contributed by atoms with Crippen molar-refractivity contribution in [1.29, 1.82) is 0 Å². The summed E-state index contributed by atoms with van der Waals surface area (Å²) in [6.45, 7) is 9.35. The fraction of sp³-hybridized carbons (Fsp3) is 0.429. The number of amides is 1. The molecule has 3 aromatic rings. The lowest BCUT2D eigenvalue weighted by molar-refractivity contribution is 0.0719. The van der Waals surface area contributed by atoms with E-state index >= 15 is 0 Å². The van der Waals surface area contributed by atoms with Crippen molar-refractivity contribution in [2.45, 2.75) is 33.2 Å². The molecule has 192 valence electrons. The number of ether oxygens (including phenoxy) is 3. The van der Waals surface area contributed by atoms with Crippen LogP contribution in [0.4, 0.5) is 0 Å². The number of fused-ring (bicyclic) bond motifs is 2. The summed E-state index contributed by atoms with van der Waals surface area (Å²) in [6, 6.07) is 8.38. The van der Waals surface area contributed by atoms with Crippen LogP contribution in [-0.2, 0) is 0 Å². The fourth-order valence-electron chi connectivity index (χ4n) is 4.98. The Morgan fingerprint density at radius 1 is 0.972 bits per heavy atom. The molecule has 1 aromatic heterocycles. The molecule has 0 aliphatic carbocycles. The molecule has 0 saturated heterocycles. The van der Waals surface area contributed by atoms with Crippen LogP contribution in [0, 0.1) is 6.92 Å². The first-order valence-electron chi connectivity index (χ1n) is 12.3. The third-order valence-corrected chi connectivity index (χ3v) is 6.89. The van der Waals surface area contributed by atoms with Crippen molar-refractivity contribution in [1.82, 2.24) is 9.80 Å². The molecule has 0 saturated carbocycles. The number of nitrogens with zero attached hydrogens (tertiary/aromatic N) is 2. The van der Waals surface area contributed by atoms with Crippen molar-refractivity contribution in [2.24, 2.45) is 0 Å². The van der Waals surface area contributed by atoms with Gasteiger partial charge in [-0.2, -0.15) is 0 Å². The van der Waals surface area contributed by atoms with Crippen LogP contribution in [0.3, 0.4) is 0 Å². The minimum atomic E-state index is -0.640. The predicted octanol–water partition coefficient (Wildman–Crippen LogP) is 4.40. The summed E-state index contributed by atoms with van der Waals surface area (Å²) in [7, 11) is 4.62. The van der Waals surface area contributed by atoms with Crippen molar-refractivity contribution < 1.29 is 23.4 Å². The van der Waals surface area contributed by atoms with Crippen LogP contribution in [0.15, 0.2) is 39.5 Å². The van der Waals surface area contributed by atoms with E-state index in [2.05, 4.69) is 18.7 Å². The number of methoxy groups -OCH3 is 3. The molecular weight excluding hydrogens is 460 g/mol. The lowest BCUT2D eigenvalue weighted by Gasteiger charge is -2.27. The van der Waals surface area contributed by atoms with E-state index in [0.717, 1.165) is 31.6 Å². The lowest BCUT2D eigenvalue weighted by Crippen LogP contribution is -2.33. The highest BCUT2D eigenvalue weighted by Gasteiger charge is 2.43. The minimum Gasteiger partial charge on any atom is -0.493 e. The molecule has 2 heterocycles. The van der Waals surface area contributed by atoms with Gasteiger partial charge in [-0.15, -0.1) is 0 Å². The van der Waals surface area contributed by atoms with Gasteiger partial charge in [-0.25, -0.2) is 0 Å². The lowest BCUT2D eigenvalue weighted by atomic mass is 9.97.